The van der Waals surface area contributed by atoms with Crippen molar-refractivity contribution in [2.45, 2.75) is 32.2 Å². The second kappa shape index (κ2) is 6.65. The predicted octanol–water partition coefficient (Wildman–Crippen LogP) is -0.735. The first-order chi connectivity index (χ1) is 8.15. The molecule has 2 rings (SSSR count). The second-order valence-electron chi connectivity index (χ2n) is 4.89. The molecule has 0 saturated heterocycles. The maximum Gasteiger partial charge on any atom is 0.123 e. The number of quaternary nitrogens is 1. The van der Waals surface area contributed by atoms with Crippen molar-refractivity contribution < 1.29 is 22.0 Å². The Morgan fingerprint density at radius 2 is 2.11 bits per heavy atom. The molecule has 18 heavy (non-hydrogen) atoms. The van der Waals surface area contributed by atoms with E-state index in [9.17, 15) is 0 Å². The highest BCUT2D eigenvalue weighted by Gasteiger charge is 2.29. The maximum absolute atomic E-state index is 6.38. The van der Waals surface area contributed by atoms with Crippen LogP contribution < -0.4 is 22.0 Å². The minimum atomic E-state index is 0. The summed E-state index contributed by atoms with van der Waals surface area (Å²) in [5.74, 6) is 1.03. The topological polar surface area (TPSA) is 13.7 Å². The lowest BCUT2D eigenvalue weighted by molar-refractivity contribution is -0.893. The molecule has 0 amide bonds. The third-order valence-electron chi connectivity index (χ3n) is 3.53. The number of halogens is 2. The van der Waals surface area contributed by atoms with Crippen molar-refractivity contribution in [2.24, 2.45) is 0 Å². The summed E-state index contributed by atoms with van der Waals surface area (Å²) in [4.78, 5) is 1.45. The molecule has 0 spiro atoms. The van der Waals surface area contributed by atoms with E-state index >= 15 is 0 Å². The molecule has 1 N–H and O–H groups in total. The summed E-state index contributed by atoms with van der Waals surface area (Å²) in [6.07, 6.45) is 3.53. The van der Waals surface area contributed by atoms with Crippen LogP contribution in [0, 0.1) is 0 Å². The van der Waals surface area contributed by atoms with E-state index in [1.165, 1.54) is 28.9 Å². The quantitative estimate of drug-likeness (QED) is 0.774. The van der Waals surface area contributed by atoms with Crippen LogP contribution in [0.5, 0.6) is 5.75 Å². The molecular formula is C14H21Cl2NO. The summed E-state index contributed by atoms with van der Waals surface area (Å²) < 4.78 is 5.72. The Bertz CT molecular complexity index is 407. The Kier molecular flexibility index (Phi) is 5.77. The molecule has 2 nitrogen and oxygen atoms in total. The number of rotatable bonds is 3. The molecule has 0 bridgehead atoms. The van der Waals surface area contributed by atoms with Gasteiger partial charge in [-0.25, -0.2) is 0 Å². The number of fused-ring (bicyclic) bond motifs is 1. The summed E-state index contributed by atoms with van der Waals surface area (Å²) in [6, 6.07) is 4.50. The van der Waals surface area contributed by atoms with E-state index < -0.39 is 0 Å². The van der Waals surface area contributed by atoms with E-state index in [0.717, 1.165) is 17.2 Å². The van der Waals surface area contributed by atoms with Gasteiger partial charge in [0.25, 0.3) is 0 Å². The third kappa shape index (κ3) is 2.93. The van der Waals surface area contributed by atoms with Crippen LogP contribution in [0.4, 0.5) is 0 Å². The number of benzene rings is 1. The monoisotopic (exact) mass is 289 g/mol. The van der Waals surface area contributed by atoms with Crippen LogP contribution in [0.1, 0.15) is 36.9 Å². The van der Waals surface area contributed by atoms with Crippen molar-refractivity contribution >= 4 is 11.6 Å². The Morgan fingerprint density at radius 1 is 1.39 bits per heavy atom. The molecule has 0 heterocycles. The zero-order valence-corrected chi connectivity index (χ0v) is 12.7. The Morgan fingerprint density at radius 3 is 2.72 bits per heavy atom. The van der Waals surface area contributed by atoms with E-state index in [0.29, 0.717) is 12.6 Å². The highest BCUT2D eigenvalue weighted by molar-refractivity contribution is 6.31. The van der Waals surface area contributed by atoms with Gasteiger partial charge in [-0.05, 0) is 31.9 Å². The SMILES string of the molecule is CCOc1ccc(Cl)c2c1CCCC2[NH+](C)C.[Cl-]. The molecule has 102 valence electrons. The molecule has 1 atom stereocenters. The fourth-order valence-corrected chi connectivity index (χ4v) is 3.05. The summed E-state index contributed by atoms with van der Waals surface area (Å²) in [7, 11) is 4.40. The van der Waals surface area contributed by atoms with Gasteiger partial charge in [0.05, 0.1) is 25.7 Å². The van der Waals surface area contributed by atoms with Gasteiger partial charge in [-0.3, -0.25) is 0 Å². The van der Waals surface area contributed by atoms with Crippen molar-refractivity contribution in [3.8, 4) is 5.75 Å². The maximum atomic E-state index is 6.38. The fraction of sp³-hybridized carbons (Fsp3) is 0.571. The smallest absolute Gasteiger partial charge is 0.123 e. The molecule has 1 aromatic rings. The van der Waals surface area contributed by atoms with E-state index in [-0.39, 0.29) is 12.4 Å². The summed E-state index contributed by atoms with van der Waals surface area (Å²) in [5, 5.41) is 0.898. The van der Waals surface area contributed by atoms with Crippen LogP contribution in [0.2, 0.25) is 5.02 Å². The van der Waals surface area contributed by atoms with E-state index in [4.69, 9.17) is 16.3 Å². The van der Waals surface area contributed by atoms with Crippen molar-refractivity contribution in [3.05, 3.63) is 28.3 Å². The van der Waals surface area contributed by atoms with Gasteiger partial charge in [-0.2, -0.15) is 0 Å². The highest BCUT2D eigenvalue weighted by atomic mass is 35.5. The van der Waals surface area contributed by atoms with E-state index in [1.54, 1.807) is 0 Å². The Labute approximate surface area is 121 Å². The predicted molar refractivity (Wildman–Crippen MR) is 71.1 cm³/mol. The molecule has 0 radical (unpaired) electrons. The molecule has 0 aliphatic heterocycles. The summed E-state index contributed by atoms with van der Waals surface area (Å²) >= 11 is 6.38. The zero-order valence-electron chi connectivity index (χ0n) is 11.2. The van der Waals surface area contributed by atoms with Crippen LogP contribution in [0.25, 0.3) is 0 Å². The Hall–Kier alpha value is -0.440. The number of nitrogens with one attached hydrogen (secondary N) is 1. The molecule has 4 heteroatoms. The van der Waals surface area contributed by atoms with Gasteiger partial charge in [0.15, 0.2) is 0 Å². The molecular weight excluding hydrogens is 269 g/mol. The lowest BCUT2D eigenvalue weighted by atomic mass is 9.86. The van der Waals surface area contributed by atoms with Gasteiger partial charge in [0.2, 0.25) is 0 Å². The van der Waals surface area contributed by atoms with Gasteiger partial charge in [-0.1, -0.05) is 11.6 Å². The van der Waals surface area contributed by atoms with Crippen LogP contribution in [0.15, 0.2) is 12.1 Å². The van der Waals surface area contributed by atoms with Crippen molar-refractivity contribution in [2.75, 3.05) is 20.7 Å². The lowest BCUT2D eigenvalue weighted by Gasteiger charge is -2.30. The second-order valence-corrected chi connectivity index (χ2v) is 5.30. The lowest BCUT2D eigenvalue weighted by Crippen LogP contribution is -3.06. The van der Waals surface area contributed by atoms with Gasteiger partial charge < -0.3 is 22.0 Å². The normalized spacial score (nSPS) is 18.2. The van der Waals surface area contributed by atoms with Gasteiger partial charge in [0, 0.05) is 17.5 Å². The van der Waals surface area contributed by atoms with Crippen molar-refractivity contribution in [1.29, 1.82) is 0 Å². The van der Waals surface area contributed by atoms with Crippen LogP contribution >= 0.6 is 11.6 Å². The first-order valence-corrected chi connectivity index (χ1v) is 6.77. The van der Waals surface area contributed by atoms with Crippen LogP contribution in [0.3, 0.4) is 0 Å². The fourth-order valence-electron chi connectivity index (χ4n) is 2.75. The van der Waals surface area contributed by atoms with Gasteiger partial charge in [-0.15, -0.1) is 0 Å². The van der Waals surface area contributed by atoms with Crippen LogP contribution in [-0.2, 0) is 6.42 Å². The molecule has 1 aliphatic carbocycles. The Balaban J connectivity index is 0.00000162. The summed E-state index contributed by atoms with van der Waals surface area (Å²) in [6.45, 7) is 2.74. The first kappa shape index (κ1) is 15.6. The van der Waals surface area contributed by atoms with Crippen molar-refractivity contribution in [3.63, 3.8) is 0 Å². The largest absolute Gasteiger partial charge is 1.00 e. The first-order valence-electron chi connectivity index (χ1n) is 6.39. The number of hydrogen-bond acceptors (Lipinski definition) is 1. The molecule has 1 aromatic carbocycles. The molecule has 0 aromatic heterocycles. The standard InChI is InChI=1S/C14H20ClNO.ClH/c1-4-17-13-9-8-11(15)14-10(13)6-5-7-12(14)16(2)3;/h8-9,12H,4-7H2,1-3H3;1H. The number of ether oxygens (including phenoxy) is 1. The van der Waals surface area contributed by atoms with E-state index in [1.807, 2.05) is 19.1 Å². The van der Waals surface area contributed by atoms with Crippen LogP contribution in [-0.4, -0.2) is 20.7 Å². The summed E-state index contributed by atoms with van der Waals surface area (Å²) in [5.41, 5.74) is 2.64. The zero-order chi connectivity index (χ0) is 12.4. The number of hydrogen-bond donors (Lipinski definition) is 1. The third-order valence-corrected chi connectivity index (χ3v) is 3.86. The molecule has 1 unspecified atom stereocenters. The average molecular weight is 290 g/mol. The molecule has 0 saturated carbocycles. The van der Waals surface area contributed by atoms with Gasteiger partial charge >= 0.3 is 0 Å². The highest BCUT2D eigenvalue weighted by Crippen LogP contribution is 2.38. The van der Waals surface area contributed by atoms with E-state index in [2.05, 4.69) is 14.1 Å². The van der Waals surface area contributed by atoms with Gasteiger partial charge in [0.1, 0.15) is 11.8 Å². The van der Waals surface area contributed by atoms with Crippen molar-refractivity contribution in [1.82, 2.24) is 0 Å². The average Bonchev–Trinajstić information content (AvgIpc) is 2.32. The minimum Gasteiger partial charge on any atom is -1.00 e. The molecule has 0 fully saturated rings. The minimum absolute atomic E-state index is 0. The molecule has 1 aliphatic rings.